The average molecular weight is 536 g/mol. The maximum absolute atomic E-state index is 14.2. The lowest BCUT2D eigenvalue weighted by Crippen LogP contribution is -2.58. The van der Waals surface area contributed by atoms with Crippen LogP contribution in [0.15, 0.2) is 77.7 Å². The molecule has 2 atom stereocenters. The summed E-state index contributed by atoms with van der Waals surface area (Å²) in [6, 6.07) is 23.8. The van der Waals surface area contributed by atoms with E-state index < -0.39 is 22.2 Å². The molecular weight excluding hydrogens is 494 g/mol. The van der Waals surface area contributed by atoms with Gasteiger partial charge in [-0.25, -0.2) is 8.42 Å². The smallest absolute Gasteiger partial charge is 0.243 e. The molecule has 0 aromatic heterocycles. The van der Waals surface area contributed by atoms with Gasteiger partial charge in [0.2, 0.25) is 10.0 Å². The van der Waals surface area contributed by atoms with E-state index in [1.807, 2.05) is 76.2 Å². The molecule has 1 heterocycles. The lowest BCUT2D eigenvalue weighted by atomic mass is 10.1. The number of hydrogen-bond donors (Lipinski definition) is 1. The predicted molar refractivity (Wildman–Crippen MR) is 153 cm³/mol. The Bertz CT molecular complexity index is 1280. The Morgan fingerprint density at radius 3 is 1.76 bits per heavy atom. The van der Waals surface area contributed by atoms with Crippen LogP contribution in [0.2, 0.25) is 0 Å². The number of likely N-dealkylation sites (N-methyl/N-ethyl adjacent to an activating group) is 1. The Morgan fingerprint density at radius 1 is 0.816 bits per heavy atom. The van der Waals surface area contributed by atoms with Crippen LogP contribution in [-0.2, 0) is 23.1 Å². The number of rotatable bonds is 8. The van der Waals surface area contributed by atoms with Crippen molar-refractivity contribution in [3.8, 4) is 0 Å². The molecule has 7 heteroatoms. The highest BCUT2D eigenvalue weighted by Gasteiger charge is 2.39. The van der Waals surface area contributed by atoms with Gasteiger partial charge in [0.1, 0.15) is 0 Å². The number of aliphatic hydroxyl groups is 1. The Kier molecular flexibility index (Phi) is 9.39. The van der Waals surface area contributed by atoms with Gasteiger partial charge >= 0.3 is 0 Å². The molecule has 1 aliphatic rings. The Labute approximate surface area is 228 Å². The van der Waals surface area contributed by atoms with Crippen LogP contribution in [0, 0.1) is 20.8 Å². The second-order valence-electron chi connectivity index (χ2n) is 10.5. The number of benzene rings is 3. The zero-order chi connectivity index (χ0) is 27.3. The number of hydrogen-bond acceptors (Lipinski definition) is 5. The normalized spacial score (nSPS) is 19.8. The summed E-state index contributed by atoms with van der Waals surface area (Å²) in [6.45, 7) is 11.7. The van der Waals surface area contributed by atoms with Gasteiger partial charge in [-0.15, -0.1) is 0 Å². The van der Waals surface area contributed by atoms with Crippen molar-refractivity contribution in [2.75, 3.05) is 32.7 Å². The first-order valence-corrected chi connectivity index (χ1v) is 14.9. The largest absolute Gasteiger partial charge is 0.390 e. The molecule has 0 saturated carbocycles. The second-order valence-corrected chi connectivity index (χ2v) is 12.3. The standard InChI is InChI=1S/C31H41N3O3S/c1-5-34(38(36,37)31-25(3)18-24(2)19-26(31)4)29-22-32(20-27-12-8-6-9-13-27)16-17-33(23-30(29)35)21-28-14-10-7-11-15-28/h6-15,18-19,29-30,35H,5,16-17,20-23H2,1-4H3/t29-,30+/m0/s1. The van der Waals surface area contributed by atoms with Crippen LogP contribution in [-0.4, -0.2) is 72.5 Å². The summed E-state index contributed by atoms with van der Waals surface area (Å²) in [4.78, 5) is 4.88. The minimum absolute atomic E-state index is 0.286. The summed E-state index contributed by atoms with van der Waals surface area (Å²) < 4.78 is 29.9. The summed E-state index contributed by atoms with van der Waals surface area (Å²) in [5, 5.41) is 11.6. The van der Waals surface area contributed by atoms with Crippen LogP contribution in [0.1, 0.15) is 34.7 Å². The second kappa shape index (κ2) is 12.5. The first kappa shape index (κ1) is 28.5. The minimum Gasteiger partial charge on any atom is -0.390 e. The Balaban J connectivity index is 1.68. The highest BCUT2D eigenvalue weighted by atomic mass is 32.2. The fraction of sp³-hybridized carbons (Fsp3) is 0.419. The van der Waals surface area contributed by atoms with Crippen molar-refractivity contribution in [3.63, 3.8) is 0 Å². The molecule has 0 unspecified atom stereocenters. The summed E-state index contributed by atoms with van der Waals surface area (Å²) >= 11 is 0. The fourth-order valence-corrected chi connectivity index (χ4v) is 7.83. The molecule has 1 saturated heterocycles. The van der Waals surface area contributed by atoms with E-state index in [0.717, 1.165) is 29.8 Å². The SMILES string of the molecule is CCN([C@H]1CN(Cc2ccccc2)CCN(Cc2ccccc2)C[C@H]1O)S(=O)(=O)c1c(C)cc(C)cc1C. The number of nitrogens with zero attached hydrogens (tertiary/aromatic N) is 3. The van der Waals surface area contributed by atoms with Crippen LogP contribution in [0.3, 0.4) is 0 Å². The van der Waals surface area contributed by atoms with E-state index in [9.17, 15) is 13.5 Å². The zero-order valence-corrected chi connectivity index (χ0v) is 23.9. The van der Waals surface area contributed by atoms with Crippen LogP contribution in [0.5, 0.6) is 0 Å². The van der Waals surface area contributed by atoms with E-state index in [1.165, 1.54) is 15.4 Å². The van der Waals surface area contributed by atoms with Gasteiger partial charge in [0, 0.05) is 45.8 Å². The molecule has 3 aromatic carbocycles. The highest BCUT2D eigenvalue weighted by molar-refractivity contribution is 7.89. The molecule has 0 spiro atoms. The highest BCUT2D eigenvalue weighted by Crippen LogP contribution is 2.28. The predicted octanol–water partition coefficient (Wildman–Crippen LogP) is 4.37. The van der Waals surface area contributed by atoms with E-state index in [1.54, 1.807) is 0 Å². The van der Waals surface area contributed by atoms with Crippen molar-refractivity contribution < 1.29 is 13.5 Å². The summed E-state index contributed by atoms with van der Waals surface area (Å²) in [7, 11) is -3.83. The van der Waals surface area contributed by atoms with Gasteiger partial charge in [-0.3, -0.25) is 9.80 Å². The van der Waals surface area contributed by atoms with Gasteiger partial charge in [-0.2, -0.15) is 4.31 Å². The third-order valence-corrected chi connectivity index (χ3v) is 9.72. The Morgan fingerprint density at radius 2 is 1.29 bits per heavy atom. The van der Waals surface area contributed by atoms with Gasteiger partial charge in [0.15, 0.2) is 0 Å². The first-order chi connectivity index (χ1) is 18.2. The molecule has 4 rings (SSSR count). The number of sulfonamides is 1. The van der Waals surface area contributed by atoms with Crippen molar-refractivity contribution in [1.29, 1.82) is 0 Å². The molecule has 1 N–H and O–H groups in total. The maximum atomic E-state index is 14.2. The number of β-amino-alcohol motifs (C(OH)–C–C–N with tert-alkyl or cyclic N) is 1. The summed E-state index contributed by atoms with van der Waals surface area (Å²) in [5.41, 5.74) is 4.88. The third-order valence-electron chi connectivity index (χ3n) is 7.42. The van der Waals surface area contributed by atoms with Crippen molar-refractivity contribution in [2.24, 2.45) is 0 Å². The molecule has 0 radical (unpaired) electrons. The molecule has 0 amide bonds. The molecule has 6 nitrogen and oxygen atoms in total. The van der Waals surface area contributed by atoms with Crippen LogP contribution >= 0.6 is 0 Å². The van der Waals surface area contributed by atoms with Crippen molar-refractivity contribution >= 4 is 10.0 Å². The third kappa shape index (κ3) is 6.71. The van der Waals surface area contributed by atoms with Crippen molar-refractivity contribution in [2.45, 2.75) is 57.8 Å². The fourth-order valence-electron chi connectivity index (χ4n) is 5.76. The molecule has 0 bridgehead atoms. The lowest BCUT2D eigenvalue weighted by Gasteiger charge is -2.41. The average Bonchev–Trinajstić information content (AvgIpc) is 2.86. The first-order valence-electron chi connectivity index (χ1n) is 13.5. The molecule has 0 aliphatic carbocycles. The van der Waals surface area contributed by atoms with Gasteiger partial charge in [-0.05, 0) is 43.0 Å². The molecule has 38 heavy (non-hydrogen) atoms. The summed E-state index contributed by atoms with van der Waals surface area (Å²) in [6.07, 6.45) is -0.835. The van der Waals surface area contributed by atoms with Gasteiger partial charge in [0.05, 0.1) is 17.0 Å². The van der Waals surface area contributed by atoms with E-state index >= 15 is 0 Å². The molecular formula is C31H41N3O3S. The van der Waals surface area contributed by atoms with E-state index in [-0.39, 0.29) is 6.54 Å². The summed E-state index contributed by atoms with van der Waals surface area (Å²) in [5.74, 6) is 0. The minimum atomic E-state index is -3.83. The quantitative estimate of drug-likeness (QED) is 0.464. The lowest BCUT2D eigenvalue weighted by molar-refractivity contribution is 0.0115. The van der Waals surface area contributed by atoms with E-state index in [2.05, 4.69) is 34.1 Å². The Hall–Kier alpha value is -2.55. The van der Waals surface area contributed by atoms with Gasteiger partial charge in [0.25, 0.3) is 0 Å². The molecule has 1 aliphatic heterocycles. The van der Waals surface area contributed by atoms with Crippen LogP contribution in [0.25, 0.3) is 0 Å². The van der Waals surface area contributed by atoms with E-state index in [0.29, 0.717) is 31.1 Å². The number of aliphatic hydroxyl groups excluding tert-OH is 1. The van der Waals surface area contributed by atoms with Crippen LogP contribution in [0.4, 0.5) is 0 Å². The van der Waals surface area contributed by atoms with Crippen molar-refractivity contribution in [1.82, 2.24) is 14.1 Å². The van der Waals surface area contributed by atoms with Gasteiger partial charge in [-0.1, -0.05) is 85.3 Å². The molecule has 204 valence electrons. The molecule has 1 fully saturated rings. The monoisotopic (exact) mass is 535 g/mol. The van der Waals surface area contributed by atoms with Crippen LogP contribution < -0.4 is 0 Å². The number of aryl methyl sites for hydroxylation is 3. The maximum Gasteiger partial charge on any atom is 0.243 e. The zero-order valence-electron chi connectivity index (χ0n) is 23.0. The van der Waals surface area contributed by atoms with Gasteiger partial charge < -0.3 is 5.11 Å². The van der Waals surface area contributed by atoms with E-state index in [4.69, 9.17) is 0 Å². The topological polar surface area (TPSA) is 64.1 Å². The van der Waals surface area contributed by atoms with Crippen molar-refractivity contribution in [3.05, 3.63) is 101 Å². The molecule has 3 aromatic rings.